The molecule has 0 bridgehead atoms. The molecule has 0 heterocycles. The number of hydrogen-bond acceptors (Lipinski definition) is 1. The summed E-state index contributed by atoms with van der Waals surface area (Å²) in [6.45, 7) is 5.14. The first-order valence-electron chi connectivity index (χ1n) is 4.03. The molecule has 0 radical (unpaired) electrons. The van der Waals surface area contributed by atoms with Crippen molar-refractivity contribution in [1.82, 2.24) is 0 Å². The van der Waals surface area contributed by atoms with Crippen LogP contribution in [0.25, 0.3) is 6.08 Å². The van der Waals surface area contributed by atoms with Crippen molar-refractivity contribution in [2.45, 2.75) is 6.92 Å². The van der Waals surface area contributed by atoms with Crippen molar-refractivity contribution in [2.75, 3.05) is 0 Å². The second-order valence-electron chi connectivity index (χ2n) is 2.24. The maximum atomic E-state index is 7.51. The van der Waals surface area contributed by atoms with E-state index in [2.05, 4.69) is 24.8 Å². The monoisotopic (exact) mass is 171 g/mol. The highest BCUT2D eigenvalue weighted by atomic mass is 14.2. The fraction of sp³-hybridized carbons (Fsp3) is 0.0833. The fourth-order valence-electron chi connectivity index (χ4n) is 0.757. The Morgan fingerprint density at radius 3 is 2.23 bits per heavy atom. The number of nitriles is 1. The zero-order valence-corrected chi connectivity index (χ0v) is 7.77. The Kier molecular flexibility index (Phi) is 7.13. The maximum Gasteiger partial charge on any atom is 0.0905 e. The van der Waals surface area contributed by atoms with Crippen LogP contribution in [0.15, 0.2) is 49.1 Å². The molecule has 1 nitrogen and oxygen atoms in total. The molecule has 1 heteroatoms. The minimum absolute atomic E-state index is 1.18. The van der Waals surface area contributed by atoms with Crippen LogP contribution in [0.2, 0.25) is 0 Å². The first kappa shape index (κ1) is 11.2. The van der Waals surface area contributed by atoms with Crippen LogP contribution < -0.4 is 0 Å². The molecule has 1 aromatic rings. The minimum Gasteiger partial charge on any atom is -0.193 e. The average molecular weight is 171 g/mol. The van der Waals surface area contributed by atoms with E-state index in [1.165, 1.54) is 11.6 Å². The fourth-order valence-corrected chi connectivity index (χ4v) is 0.757. The van der Waals surface area contributed by atoms with Crippen molar-refractivity contribution in [3.8, 4) is 6.07 Å². The summed E-state index contributed by atoms with van der Waals surface area (Å²) < 4.78 is 0. The highest BCUT2D eigenvalue weighted by Crippen LogP contribution is 1.99. The van der Waals surface area contributed by atoms with Gasteiger partial charge in [0.25, 0.3) is 0 Å². The lowest BCUT2D eigenvalue weighted by atomic mass is 10.2. The topological polar surface area (TPSA) is 23.8 Å². The molecular weight excluding hydrogens is 158 g/mol. The van der Waals surface area contributed by atoms with Crippen molar-refractivity contribution in [2.24, 2.45) is 0 Å². The van der Waals surface area contributed by atoms with Gasteiger partial charge in [-0.2, -0.15) is 5.26 Å². The summed E-state index contributed by atoms with van der Waals surface area (Å²) in [7, 11) is 0. The predicted molar refractivity (Wildman–Crippen MR) is 57.0 cm³/mol. The van der Waals surface area contributed by atoms with E-state index in [0.29, 0.717) is 0 Å². The standard InChI is InChI=1S/C9H10.C3H3N/c1-2-6-9-7-4-3-5-8-9;1-2-3-4/h2-8H,1H3;2H,1H2. The Morgan fingerprint density at radius 1 is 1.31 bits per heavy atom. The summed E-state index contributed by atoms with van der Waals surface area (Å²) in [6, 6.07) is 12.0. The number of hydrogen-bond donors (Lipinski definition) is 0. The molecule has 0 aliphatic heterocycles. The molecule has 0 spiro atoms. The molecule has 66 valence electrons. The quantitative estimate of drug-likeness (QED) is 0.594. The Bertz CT molecular complexity index is 291. The Balaban J connectivity index is 0.000000310. The lowest BCUT2D eigenvalue weighted by Gasteiger charge is -1.86. The number of allylic oxidation sites excluding steroid dienone is 2. The molecule has 0 aliphatic carbocycles. The first-order chi connectivity index (χ1) is 6.35. The van der Waals surface area contributed by atoms with Crippen LogP contribution in [0.5, 0.6) is 0 Å². The molecule has 0 amide bonds. The van der Waals surface area contributed by atoms with Crippen LogP contribution in [0.1, 0.15) is 12.5 Å². The van der Waals surface area contributed by atoms with Crippen molar-refractivity contribution >= 4 is 6.08 Å². The molecule has 0 atom stereocenters. The zero-order chi connectivity index (χ0) is 9.94. The summed E-state index contributed by atoms with van der Waals surface area (Å²) in [6.07, 6.45) is 5.30. The SMILES string of the molecule is C=CC#N.CC=Cc1ccccc1. The molecule has 0 aliphatic rings. The number of benzene rings is 1. The van der Waals surface area contributed by atoms with Gasteiger partial charge in [0.2, 0.25) is 0 Å². The highest BCUT2D eigenvalue weighted by molar-refractivity contribution is 5.47. The van der Waals surface area contributed by atoms with Gasteiger partial charge in [-0.05, 0) is 12.5 Å². The van der Waals surface area contributed by atoms with Crippen molar-refractivity contribution in [1.29, 1.82) is 5.26 Å². The first-order valence-corrected chi connectivity index (χ1v) is 4.03. The van der Waals surface area contributed by atoms with Gasteiger partial charge < -0.3 is 0 Å². The van der Waals surface area contributed by atoms with Crippen LogP contribution in [0.4, 0.5) is 0 Å². The third kappa shape index (κ3) is 6.58. The van der Waals surface area contributed by atoms with Crippen molar-refractivity contribution < 1.29 is 0 Å². The molecule has 1 rings (SSSR count). The maximum absolute atomic E-state index is 7.51. The number of nitrogens with zero attached hydrogens (tertiary/aromatic N) is 1. The molecule has 0 aromatic heterocycles. The van der Waals surface area contributed by atoms with Crippen molar-refractivity contribution in [3.05, 3.63) is 54.6 Å². The third-order valence-corrected chi connectivity index (χ3v) is 1.25. The van der Waals surface area contributed by atoms with Crippen molar-refractivity contribution in [3.63, 3.8) is 0 Å². The van der Waals surface area contributed by atoms with Gasteiger partial charge in [-0.3, -0.25) is 0 Å². The Labute approximate surface area is 79.6 Å². The van der Waals surface area contributed by atoms with Gasteiger partial charge in [-0.15, -0.1) is 0 Å². The van der Waals surface area contributed by atoms with Crippen LogP contribution in [-0.2, 0) is 0 Å². The Hall–Kier alpha value is -1.81. The van der Waals surface area contributed by atoms with Gasteiger partial charge in [0.05, 0.1) is 6.07 Å². The van der Waals surface area contributed by atoms with Gasteiger partial charge in [-0.1, -0.05) is 49.1 Å². The van der Waals surface area contributed by atoms with Crippen LogP contribution in [0.3, 0.4) is 0 Å². The lowest BCUT2D eigenvalue weighted by molar-refractivity contribution is 1.54. The molecule has 0 saturated carbocycles. The van der Waals surface area contributed by atoms with Crippen LogP contribution >= 0.6 is 0 Å². The summed E-state index contributed by atoms with van der Waals surface area (Å²) >= 11 is 0. The predicted octanol–water partition coefficient (Wildman–Crippen LogP) is 3.42. The number of rotatable bonds is 1. The largest absolute Gasteiger partial charge is 0.193 e. The summed E-state index contributed by atoms with van der Waals surface area (Å²) in [5, 5.41) is 7.51. The van der Waals surface area contributed by atoms with E-state index in [1.807, 2.05) is 31.2 Å². The molecule has 0 saturated heterocycles. The van der Waals surface area contributed by atoms with Gasteiger partial charge in [-0.25, -0.2) is 0 Å². The van der Waals surface area contributed by atoms with E-state index >= 15 is 0 Å². The van der Waals surface area contributed by atoms with Gasteiger partial charge >= 0.3 is 0 Å². The van der Waals surface area contributed by atoms with Gasteiger partial charge in [0.1, 0.15) is 0 Å². The average Bonchev–Trinajstić information content (AvgIpc) is 2.20. The minimum atomic E-state index is 1.18. The van der Waals surface area contributed by atoms with E-state index < -0.39 is 0 Å². The van der Waals surface area contributed by atoms with E-state index in [1.54, 1.807) is 6.07 Å². The summed E-state index contributed by atoms with van der Waals surface area (Å²) in [5.74, 6) is 0. The highest BCUT2D eigenvalue weighted by Gasteiger charge is 1.77. The van der Waals surface area contributed by atoms with Crippen LogP contribution in [0, 0.1) is 11.3 Å². The molecule has 13 heavy (non-hydrogen) atoms. The Morgan fingerprint density at radius 2 is 1.85 bits per heavy atom. The normalized spacial score (nSPS) is 8.31. The van der Waals surface area contributed by atoms with Gasteiger partial charge in [0.15, 0.2) is 0 Å². The lowest BCUT2D eigenvalue weighted by Crippen LogP contribution is -1.65. The molecule has 0 fully saturated rings. The van der Waals surface area contributed by atoms with E-state index in [9.17, 15) is 0 Å². The van der Waals surface area contributed by atoms with Crippen LogP contribution in [-0.4, -0.2) is 0 Å². The summed E-state index contributed by atoms with van der Waals surface area (Å²) in [5.41, 5.74) is 1.26. The second kappa shape index (κ2) is 8.29. The molecule has 1 aromatic carbocycles. The van der Waals surface area contributed by atoms with Gasteiger partial charge in [0, 0.05) is 6.08 Å². The van der Waals surface area contributed by atoms with E-state index in [0.717, 1.165) is 0 Å². The zero-order valence-electron chi connectivity index (χ0n) is 7.77. The molecule has 0 N–H and O–H groups in total. The van der Waals surface area contributed by atoms with E-state index in [4.69, 9.17) is 5.26 Å². The summed E-state index contributed by atoms with van der Waals surface area (Å²) in [4.78, 5) is 0. The molecular formula is C12H13N. The third-order valence-electron chi connectivity index (χ3n) is 1.25. The van der Waals surface area contributed by atoms with E-state index in [-0.39, 0.29) is 0 Å². The smallest absolute Gasteiger partial charge is 0.0905 e. The second-order valence-corrected chi connectivity index (χ2v) is 2.24. The molecule has 0 unspecified atom stereocenters.